The summed E-state index contributed by atoms with van der Waals surface area (Å²) in [6.45, 7) is 9.79. The Morgan fingerprint density at radius 2 is 1.86 bits per heavy atom. The molecule has 1 N–H and O–H groups in total. The minimum absolute atomic E-state index is 0.0899. The van der Waals surface area contributed by atoms with Crippen molar-refractivity contribution in [2.75, 3.05) is 11.9 Å². The number of anilines is 1. The van der Waals surface area contributed by atoms with Crippen molar-refractivity contribution in [3.8, 4) is 0 Å². The van der Waals surface area contributed by atoms with Crippen molar-refractivity contribution >= 4 is 5.95 Å². The summed E-state index contributed by atoms with van der Waals surface area (Å²) in [6.07, 6.45) is 3.73. The molecule has 0 aromatic carbocycles. The van der Waals surface area contributed by atoms with Crippen LogP contribution in [0.4, 0.5) is 5.95 Å². The number of furan rings is 1. The molecule has 114 valence electrons. The average molecular weight is 288 g/mol. The van der Waals surface area contributed by atoms with Gasteiger partial charge in [0, 0.05) is 37.1 Å². The lowest BCUT2D eigenvalue weighted by atomic mass is 10.1. The van der Waals surface area contributed by atoms with Gasteiger partial charge in [0.05, 0.1) is 6.54 Å². The summed E-state index contributed by atoms with van der Waals surface area (Å²) < 4.78 is 5.57. The zero-order valence-electron chi connectivity index (χ0n) is 13.5. The Morgan fingerprint density at radius 3 is 2.38 bits per heavy atom. The fraction of sp³-hybridized carbons (Fsp3) is 0.500. The largest absolute Gasteiger partial charge is 0.464 e. The van der Waals surface area contributed by atoms with Crippen LogP contribution in [0, 0.1) is 6.92 Å². The van der Waals surface area contributed by atoms with Gasteiger partial charge in [0.15, 0.2) is 0 Å². The average Bonchev–Trinajstić information content (AvgIpc) is 2.81. The van der Waals surface area contributed by atoms with E-state index in [9.17, 15) is 0 Å². The van der Waals surface area contributed by atoms with Crippen molar-refractivity contribution in [1.29, 1.82) is 0 Å². The van der Waals surface area contributed by atoms with Gasteiger partial charge in [0.25, 0.3) is 0 Å². The highest BCUT2D eigenvalue weighted by molar-refractivity contribution is 5.29. The molecule has 0 bridgehead atoms. The van der Waals surface area contributed by atoms with Crippen molar-refractivity contribution in [1.82, 2.24) is 15.3 Å². The van der Waals surface area contributed by atoms with Crippen molar-refractivity contribution in [3.63, 3.8) is 0 Å². The molecule has 5 heteroatoms. The molecule has 0 saturated carbocycles. The van der Waals surface area contributed by atoms with E-state index in [1.165, 1.54) is 0 Å². The molecule has 2 aromatic heterocycles. The molecule has 0 amide bonds. The zero-order valence-corrected chi connectivity index (χ0v) is 13.5. The maximum atomic E-state index is 5.57. The van der Waals surface area contributed by atoms with Crippen LogP contribution in [0.25, 0.3) is 0 Å². The number of nitrogens with zero attached hydrogens (tertiary/aromatic N) is 3. The van der Waals surface area contributed by atoms with E-state index in [4.69, 9.17) is 4.42 Å². The van der Waals surface area contributed by atoms with E-state index in [1.54, 1.807) is 0 Å². The van der Waals surface area contributed by atoms with Crippen LogP contribution in [0.3, 0.4) is 0 Å². The molecule has 2 rings (SSSR count). The SMILES string of the molecule is Cc1ccc(CN(C)c2ncc(CNC(C)(C)C)cn2)o1. The molecular formula is C16H24N4O. The van der Waals surface area contributed by atoms with E-state index in [-0.39, 0.29) is 5.54 Å². The zero-order chi connectivity index (χ0) is 15.5. The van der Waals surface area contributed by atoms with Gasteiger partial charge < -0.3 is 14.6 Å². The number of aromatic nitrogens is 2. The number of hydrogen-bond donors (Lipinski definition) is 1. The summed E-state index contributed by atoms with van der Waals surface area (Å²) in [7, 11) is 1.96. The van der Waals surface area contributed by atoms with E-state index < -0.39 is 0 Å². The van der Waals surface area contributed by atoms with Crippen LogP contribution in [0.5, 0.6) is 0 Å². The molecule has 5 nitrogen and oxygen atoms in total. The van der Waals surface area contributed by atoms with Gasteiger partial charge in [0.1, 0.15) is 11.5 Å². The Labute approximate surface area is 126 Å². The Kier molecular flexibility index (Phi) is 4.63. The van der Waals surface area contributed by atoms with Crippen LogP contribution < -0.4 is 10.2 Å². The molecule has 0 fully saturated rings. The van der Waals surface area contributed by atoms with Gasteiger partial charge in [-0.1, -0.05) is 0 Å². The normalized spacial score (nSPS) is 11.7. The molecule has 0 aliphatic rings. The van der Waals surface area contributed by atoms with Crippen molar-refractivity contribution in [3.05, 3.63) is 41.6 Å². The van der Waals surface area contributed by atoms with Gasteiger partial charge in [-0.3, -0.25) is 0 Å². The highest BCUT2D eigenvalue weighted by Crippen LogP contribution is 2.13. The van der Waals surface area contributed by atoms with Crippen LogP contribution in [0.2, 0.25) is 0 Å². The van der Waals surface area contributed by atoms with Gasteiger partial charge in [-0.05, 0) is 39.8 Å². The number of aryl methyl sites for hydroxylation is 1. The second kappa shape index (κ2) is 6.26. The third-order valence-electron chi connectivity index (χ3n) is 3.04. The van der Waals surface area contributed by atoms with E-state index >= 15 is 0 Å². The van der Waals surface area contributed by atoms with Crippen LogP contribution >= 0.6 is 0 Å². The summed E-state index contributed by atoms with van der Waals surface area (Å²) in [6, 6.07) is 3.94. The van der Waals surface area contributed by atoms with Gasteiger partial charge in [-0.15, -0.1) is 0 Å². The van der Waals surface area contributed by atoms with E-state index in [1.807, 2.05) is 43.4 Å². The summed E-state index contributed by atoms with van der Waals surface area (Å²) in [5.41, 5.74) is 1.17. The van der Waals surface area contributed by atoms with Crippen LogP contribution in [-0.2, 0) is 13.1 Å². The van der Waals surface area contributed by atoms with Crippen molar-refractivity contribution in [2.45, 2.75) is 46.3 Å². The molecule has 2 aromatic rings. The topological polar surface area (TPSA) is 54.2 Å². The molecule has 0 unspecified atom stereocenters. The number of rotatable bonds is 5. The quantitative estimate of drug-likeness (QED) is 0.917. The minimum Gasteiger partial charge on any atom is -0.464 e. The number of hydrogen-bond acceptors (Lipinski definition) is 5. The molecule has 21 heavy (non-hydrogen) atoms. The lowest BCUT2D eigenvalue weighted by Gasteiger charge is -2.20. The van der Waals surface area contributed by atoms with Gasteiger partial charge in [-0.2, -0.15) is 0 Å². The number of nitrogens with one attached hydrogen (secondary N) is 1. The Hall–Kier alpha value is -1.88. The molecule has 0 aliphatic carbocycles. The second-order valence-electron chi connectivity index (χ2n) is 6.36. The first kappa shape index (κ1) is 15.5. The Bertz CT molecular complexity index is 569. The predicted molar refractivity (Wildman–Crippen MR) is 84.2 cm³/mol. The van der Waals surface area contributed by atoms with Gasteiger partial charge in [0.2, 0.25) is 5.95 Å². The molecule has 2 heterocycles. The summed E-state index contributed by atoms with van der Waals surface area (Å²) >= 11 is 0. The smallest absolute Gasteiger partial charge is 0.225 e. The van der Waals surface area contributed by atoms with Crippen LogP contribution in [0.15, 0.2) is 28.9 Å². The first-order valence-corrected chi connectivity index (χ1v) is 7.16. The maximum Gasteiger partial charge on any atom is 0.225 e. The Morgan fingerprint density at radius 1 is 1.19 bits per heavy atom. The summed E-state index contributed by atoms with van der Waals surface area (Å²) in [4.78, 5) is 10.8. The van der Waals surface area contributed by atoms with E-state index in [2.05, 4.69) is 36.1 Å². The van der Waals surface area contributed by atoms with E-state index in [0.29, 0.717) is 12.5 Å². The van der Waals surface area contributed by atoms with Gasteiger partial charge in [-0.25, -0.2) is 9.97 Å². The molecule has 0 aliphatic heterocycles. The lowest BCUT2D eigenvalue weighted by Crippen LogP contribution is -2.35. The molecule has 0 radical (unpaired) electrons. The van der Waals surface area contributed by atoms with Crippen LogP contribution in [-0.4, -0.2) is 22.6 Å². The standard InChI is InChI=1S/C16H24N4O/c1-12-6-7-14(21-12)11-20(5)15-17-8-13(9-18-15)10-19-16(2,3)4/h6-9,19H,10-11H2,1-5H3. The molecule has 0 atom stereocenters. The first-order chi connectivity index (χ1) is 9.83. The minimum atomic E-state index is 0.0899. The van der Waals surface area contributed by atoms with Gasteiger partial charge >= 0.3 is 0 Å². The fourth-order valence-electron chi connectivity index (χ4n) is 1.88. The third-order valence-corrected chi connectivity index (χ3v) is 3.04. The van der Waals surface area contributed by atoms with Crippen molar-refractivity contribution in [2.24, 2.45) is 0 Å². The molecule has 0 spiro atoms. The highest BCUT2D eigenvalue weighted by atomic mass is 16.3. The maximum absolute atomic E-state index is 5.57. The fourth-order valence-corrected chi connectivity index (χ4v) is 1.88. The van der Waals surface area contributed by atoms with E-state index in [0.717, 1.165) is 23.6 Å². The third kappa shape index (κ3) is 4.86. The summed E-state index contributed by atoms with van der Waals surface area (Å²) in [5.74, 6) is 2.53. The van der Waals surface area contributed by atoms with Crippen LogP contribution in [0.1, 0.15) is 37.9 Å². The molecule has 0 saturated heterocycles. The monoisotopic (exact) mass is 288 g/mol. The summed E-state index contributed by atoms with van der Waals surface area (Å²) in [5, 5.41) is 3.42. The predicted octanol–water partition coefficient (Wildman–Crippen LogP) is 2.90. The lowest BCUT2D eigenvalue weighted by molar-refractivity contribution is 0.423. The van der Waals surface area contributed by atoms with Crippen molar-refractivity contribution < 1.29 is 4.42 Å². The molecular weight excluding hydrogens is 264 g/mol. The second-order valence-corrected chi connectivity index (χ2v) is 6.36. The first-order valence-electron chi connectivity index (χ1n) is 7.16. The highest BCUT2D eigenvalue weighted by Gasteiger charge is 2.10. The Balaban J connectivity index is 1.94.